The molecule has 20 heavy (non-hydrogen) atoms. The van der Waals surface area contributed by atoms with Crippen LogP contribution in [0.2, 0.25) is 0 Å². The zero-order valence-electron chi connectivity index (χ0n) is 11.4. The van der Waals surface area contributed by atoms with E-state index in [4.69, 9.17) is 5.11 Å². The van der Waals surface area contributed by atoms with E-state index in [0.717, 1.165) is 31.7 Å². The van der Waals surface area contributed by atoms with Gasteiger partial charge in [-0.2, -0.15) is 0 Å². The maximum atomic E-state index is 11.2. The summed E-state index contributed by atoms with van der Waals surface area (Å²) >= 11 is 0. The number of carboxylic acids is 1. The summed E-state index contributed by atoms with van der Waals surface area (Å²) in [6.45, 7) is 0. The molecule has 0 aromatic heterocycles. The predicted octanol–water partition coefficient (Wildman–Crippen LogP) is 3.06. The summed E-state index contributed by atoms with van der Waals surface area (Å²) in [4.78, 5) is 23.5. The van der Waals surface area contributed by atoms with Gasteiger partial charge >= 0.3 is 5.97 Å². The first-order valence-electron chi connectivity index (χ1n) is 6.75. The highest BCUT2D eigenvalue weighted by atomic mass is 16.6. The van der Waals surface area contributed by atoms with E-state index in [1.807, 2.05) is 11.9 Å². The van der Waals surface area contributed by atoms with Gasteiger partial charge in [-0.25, -0.2) is 4.79 Å². The first kappa shape index (κ1) is 14.3. The summed E-state index contributed by atoms with van der Waals surface area (Å²) in [5.74, 6) is -1.15. The quantitative estimate of drug-likeness (QED) is 0.676. The summed E-state index contributed by atoms with van der Waals surface area (Å²) in [7, 11) is 1.85. The fourth-order valence-corrected chi connectivity index (χ4v) is 2.77. The van der Waals surface area contributed by atoms with Gasteiger partial charge in [-0.15, -0.1) is 0 Å². The Hall–Kier alpha value is -2.11. The molecule has 1 N–H and O–H groups in total. The Morgan fingerprint density at radius 3 is 2.55 bits per heavy atom. The molecule has 0 aliphatic heterocycles. The maximum absolute atomic E-state index is 11.2. The number of aromatic carboxylic acids is 1. The molecule has 0 amide bonds. The number of rotatable bonds is 4. The van der Waals surface area contributed by atoms with Crippen molar-refractivity contribution in [3.63, 3.8) is 0 Å². The van der Waals surface area contributed by atoms with Crippen LogP contribution in [0.4, 0.5) is 11.4 Å². The Morgan fingerprint density at radius 1 is 1.35 bits per heavy atom. The van der Waals surface area contributed by atoms with Crippen LogP contribution in [0.15, 0.2) is 18.2 Å². The molecular weight excluding hydrogens is 260 g/mol. The SMILES string of the molecule is CN(c1ccc(C(=O)O)cc1[N+](=O)[O-])C1CCCCC1. The minimum atomic E-state index is -1.15. The van der Waals surface area contributed by atoms with Gasteiger partial charge in [0, 0.05) is 19.2 Å². The molecule has 0 saturated heterocycles. The maximum Gasteiger partial charge on any atom is 0.335 e. The second-order valence-corrected chi connectivity index (χ2v) is 5.17. The topological polar surface area (TPSA) is 83.7 Å². The highest BCUT2D eigenvalue weighted by Gasteiger charge is 2.25. The Labute approximate surface area is 117 Å². The van der Waals surface area contributed by atoms with Crippen LogP contribution >= 0.6 is 0 Å². The number of nitro benzene ring substituents is 1. The van der Waals surface area contributed by atoms with Crippen LogP contribution in [0.3, 0.4) is 0 Å². The number of anilines is 1. The van der Waals surface area contributed by atoms with Crippen LogP contribution in [0.25, 0.3) is 0 Å². The standard InChI is InChI=1S/C14H18N2O4/c1-15(11-5-3-2-4-6-11)12-8-7-10(14(17)18)9-13(12)16(19)20/h7-9,11H,2-6H2,1H3,(H,17,18). The van der Waals surface area contributed by atoms with E-state index in [0.29, 0.717) is 5.69 Å². The van der Waals surface area contributed by atoms with Crippen LogP contribution in [0, 0.1) is 10.1 Å². The minimum absolute atomic E-state index is 0.0579. The monoisotopic (exact) mass is 278 g/mol. The van der Waals surface area contributed by atoms with Crippen molar-refractivity contribution < 1.29 is 14.8 Å². The number of hydrogen-bond acceptors (Lipinski definition) is 4. The largest absolute Gasteiger partial charge is 0.478 e. The summed E-state index contributed by atoms with van der Waals surface area (Å²) in [5, 5.41) is 20.1. The third-order valence-corrected chi connectivity index (χ3v) is 3.92. The van der Waals surface area contributed by atoms with E-state index in [1.165, 1.54) is 18.6 Å². The van der Waals surface area contributed by atoms with Gasteiger partial charge in [0.25, 0.3) is 5.69 Å². The average Bonchev–Trinajstić information content (AvgIpc) is 2.46. The van der Waals surface area contributed by atoms with Gasteiger partial charge in [-0.1, -0.05) is 19.3 Å². The number of carbonyl (C=O) groups is 1. The van der Waals surface area contributed by atoms with Crippen molar-refractivity contribution in [3.8, 4) is 0 Å². The third-order valence-electron chi connectivity index (χ3n) is 3.92. The Balaban J connectivity index is 2.34. The zero-order valence-corrected chi connectivity index (χ0v) is 11.4. The summed E-state index contributed by atoms with van der Waals surface area (Å²) in [6, 6.07) is 4.38. The molecule has 0 unspecified atom stereocenters. The number of nitro groups is 1. The van der Waals surface area contributed by atoms with Crippen molar-refractivity contribution in [2.45, 2.75) is 38.1 Å². The lowest BCUT2D eigenvalue weighted by Crippen LogP contribution is -2.33. The van der Waals surface area contributed by atoms with Crippen molar-refractivity contribution >= 4 is 17.3 Å². The van der Waals surface area contributed by atoms with Crippen molar-refractivity contribution in [2.24, 2.45) is 0 Å². The molecular formula is C14H18N2O4. The number of carboxylic acid groups (broad SMARTS) is 1. The molecule has 0 heterocycles. The third kappa shape index (κ3) is 2.89. The Morgan fingerprint density at radius 2 is 2.00 bits per heavy atom. The molecule has 1 aliphatic rings. The van der Waals surface area contributed by atoms with Crippen LogP contribution in [-0.4, -0.2) is 29.1 Å². The van der Waals surface area contributed by atoms with Crippen LogP contribution in [-0.2, 0) is 0 Å². The normalized spacial score (nSPS) is 15.8. The van der Waals surface area contributed by atoms with E-state index in [-0.39, 0.29) is 17.3 Å². The molecule has 1 fully saturated rings. The Kier molecular flexibility index (Phi) is 4.22. The zero-order chi connectivity index (χ0) is 14.7. The molecule has 6 nitrogen and oxygen atoms in total. The molecule has 1 saturated carbocycles. The first-order valence-corrected chi connectivity index (χ1v) is 6.75. The highest BCUT2D eigenvalue weighted by molar-refractivity contribution is 5.89. The van der Waals surface area contributed by atoms with Gasteiger partial charge in [0.1, 0.15) is 5.69 Å². The van der Waals surface area contributed by atoms with Gasteiger partial charge in [0.2, 0.25) is 0 Å². The van der Waals surface area contributed by atoms with E-state index < -0.39 is 10.9 Å². The molecule has 0 bridgehead atoms. The van der Waals surface area contributed by atoms with Crippen LogP contribution in [0.1, 0.15) is 42.5 Å². The van der Waals surface area contributed by atoms with Crippen molar-refractivity contribution in [3.05, 3.63) is 33.9 Å². The van der Waals surface area contributed by atoms with E-state index in [2.05, 4.69) is 0 Å². The van der Waals surface area contributed by atoms with Gasteiger partial charge in [-0.05, 0) is 25.0 Å². The lowest BCUT2D eigenvalue weighted by Gasteiger charge is -2.32. The molecule has 0 atom stereocenters. The molecule has 2 rings (SSSR count). The number of nitrogens with zero attached hydrogens (tertiary/aromatic N) is 2. The van der Waals surface area contributed by atoms with E-state index in [1.54, 1.807) is 0 Å². The van der Waals surface area contributed by atoms with Gasteiger partial charge < -0.3 is 10.0 Å². The summed E-state index contributed by atoms with van der Waals surface area (Å²) in [6.07, 6.45) is 5.53. The van der Waals surface area contributed by atoms with Crippen molar-refractivity contribution in [1.29, 1.82) is 0 Å². The van der Waals surface area contributed by atoms with Crippen molar-refractivity contribution in [2.75, 3.05) is 11.9 Å². The lowest BCUT2D eigenvalue weighted by molar-refractivity contribution is -0.384. The van der Waals surface area contributed by atoms with Gasteiger partial charge in [-0.3, -0.25) is 10.1 Å². The molecule has 0 radical (unpaired) electrons. The Bertz CT molecular complexity index is 524. The minimum Gasteiger partial charge on any atom is -0.478 e. The summed E-state index contributed by atoms with van der Waals surface area (Å²) < 4.78 is 0. The van der Waals surface area contributed by atoms with Gasteiger partial charge in [0.15, 0.2) is 0 Å². The molecule has 1 aromatic rings. The second-order valence-electron chi connectivity index (χ2n) is 5.17. The molecule has 1 aromatic carbocycles. The van der Waals surface area contributed by atoms with E-state index in [9.17, 15) is 14.9 Å². The fraction of sp³-hybridized carbons (Fsp3) is 0.500. The smallest absolute Gasteiger partial charge is 0.335 e. The number of hydrogen-bond donors (Lipinski definition) is 1. The lowest BCUT2D eigenvalue weighted by atomic mass is 9.94. The fourth-order valence-electron chi connectivity index (χ4n) is 2.77. The molecule has 0 spiro atoms. The van der Waals surface area contributed by atoms with Crippen LogP contribution < -0.4 is 4.90 Å². The highest BCUT2D eigenvalue weighted by Crippen LogP contribution is 2.33. The van der Waals surface area contributed by atoms with Crippen LogP contribution in [0.5, 0.6) is 0 Å². The molecule has 6 heteroatoms. The second kappa shape index (κ2) is 5.90. The predicted molar refractivity (Wildman–Crippen MR) is 75.3 cm³/mol. The first-order chi connectivity index (χ1) is 9.50. The average molecular weight is 278 g/mol. The summed E-state index contributed by atoms with van der Waals surface area (Å²) in [5.41, 5.74) is 0.294. The van der Waals surface area contributed by atoms with E-state index >= 15 is 0 Å². The molecule has 1 aliphatic carbocycles. The van der Waals surface area contributed by atoms with Crippen molar-refractivity contribution in [1.82, 2.24) is 0 Å². The van der Waals surface area contributed by atoms with Gasteiger partial charge in [0.05, 0.1) is 10.5 Å². The molecule has 108 valence electrons. The number of benzene rings is 1.